The summed E-state index contributed by atoms with van der Waals surface area (Å²) in [5.41, 5.74) is 2.44. The number of benzene rings is 1. The number of fused-ring (bicyclic) bond motifs is 1. The van der Waals surface area contributed by atoms with Gasteiger partial charge in [-0.05, 0) is 24.3 Å². The summed E-state index contributed by atoms with van der Waals surface area (Å²) in [5, 5.41) is 1.04. The van der Waals surface area contributed by atoms with Gasteiger partial charge in [0, 0.05) is 24.8 Å². The van der Waals surface area contributed by atoms with Gasteiger partial charge in [-0.2, -0.15) is 0 Å². The topological polar surface area (TPSA) is 49.0 Å². The number of carbonyl (C=O) groups is 1. The van der Waals surface area contributed by atoms with Crippen LogP contribution in [0.4, 0.5) is 0 Å². The average molecular weight is 265 g/mol. The summed E-state index contributed by atoms with van der Waals surface area (Å²) in [4.78, 5) is 21.6. The number of hydrogen-bond donors (Lipinski definition) is 1. The van der Waals surface area contributed by atoms with Gasteiger partial charge >= 0.3 is 0 Å². The van der Waals surface area contributed by atoms with Crippen LogP contribution in [0.3, 0.4) is 0 Å². The van der Waals surface area contributed by atoms with E-state index in [-0.39, 0.29) is 5.91 Å². The van der Waals surface area contributed by atoms with Crippen LogP contribution < -0.4 is 0 Å². The van der Waals surface area contributed by atoms with Crippen LogP contribution in [-0.2, 0) is 6.54 Å². The number of hydrogen-bond acceptors (Lipinski definition) is 2. The second kappa shape index (κ2) is 5.17. The lowest BCUT2D eigenvalue weighted by Crippen LogP contribution is -2.26. The van der Waals surface area contributed by atoms with Gasteiger partial charge in [-0.25, -0.2) is 0 Å². The normalized spacial score (nSPS) is 10.7. The SMILES string of the molecule is CN(Cc1ccccn1)C(=O)c1cccc2cc[nH]c12. The van der Waals surface area contributed by atoms with Crippen molar-refractivity contribution in [2.75, 3.05) is 7.05 Å². The monoisotopic (exact) mass is 265 g/mol. The van der Waals surface area contributed by atoms with E-state index in [2.05, 4.69) is 9.97 Å². The van der Waals surface area contributed by atoms with Crippen molar-refractivity contribution in [1.82, 2.24) is 14.9 Å². The predicted octanol–water partition coefficient (Wildman–Crippen LogP) is 2.84. The van der Waals surface area contributed by atoms with E-state index in [0.717, 1.165) is 16.6 Å². The molecule has 100 valence electrons. The number of nitrogens with zero attached hydrogens (tertiary/aromatic N) is 2. The highest BCUT2D eigenvalue weighted by Crippen LogP contribution is 2.18. The minimum absolute atomic E-state index is 0.0105. The van der Waals surface area contributed by atoms with E-state index in [1.165, 1.54) is 0 Å². The second-order valence-electron chi connectivity index (χ2n) is 4.73. The Labute approximate surface area is 117 Å². The Hall–Kier alpha value is -2.62. The lowest BCUT2D eigenvalue weighted by molar-refractivity contribution is 0.0785. The van der Waals surface area contributed by atoms with Gasteiger partial charge < -0.3 is 9.88 Å². The highest BCUT2D eigenvalue weighted by atomic mass is 16.2. The van der Waals surface area contributed by atoms with E-state index in [9.17, 15) is 4.79 Å². The molecule has 0 atom stereocenters. The maximum absolute atomic E-state index is 12.5. The molecular weight excluding hydrogens is 250 g/mol. The molecule has 0 saturated carbocycles. The van der Waals surface area contributed by atoms with Crippen molar-refractivity contribution in [1.29, 1.82) is 0 Å². The Kier molecular flexibility index (Phi) is 3.21. The molecule has 1 aromatic carbocycles. The third-order valence-electron chi connectivity index (χ3n) is 3.29. The molecule has 20 heavy (non-hydrogen) atoms. The number of rotatable bonds is 3. The van der Waals surface area contributed by atoms with Crippen LogP contribution in [0.5, 0.6) is 0 Å². The van der Waals surface area contributed by atoms with Crippen LogP contribution >= 0.6 is 0 Å². The number of H-pyrrole nitrogens is 1. The smallest absolute Gasteiger partial charge is 0.256 e. The highest BCUT2D eigenvalue weighted by molar-refractivity contribution is 6.05. The minimum atomic E-state index is -0.0105. The van der Waals surface area contributed by atoms with Crippen LogP contribution in [0.25, 0.3) is 10.9 Å². The standard InChI is InChI=1S/C16H15N3O/c1-19(11-13-6-2-3-9-17-13)16(20)14-7-4-5-12-8-10-18-15(12)14/h2-10,18H,11H2,1H3. The van der Waals surface area contributed by atoms with E-state index < -0.39 is 0 Å². The van der Waals surface area contributed by atoms with Crippen LogP contribution in [0.15, 0.2) is 54.9 Å². The molecule has 0 bridgehead atoms. The van der Waals surface area contributed by atoms with Gasteiger partial charge in [0.15, 0.2) is 0 Å². The van der Waals surface area contributed by atoms with E-state index >= 15 is 0 Å². The van der Waals surface area contributed by atoms with Gasteiger partial charge in [0.2, 0.25) is 0 Å². The zero-order valence-corrected chi connectivity index (χ0v) is 11.2. The van der Waals surface area contributed by atoms with Crippen LogP contribution in [0.1, 0.15) is 16.1 Å². The summed E-state index contributed by atoms with van der Waals surface area (Å²) in [6.45, 7) is 0.497. The summed E-state index contributed by atoms with van der Waals surface area (Å²) >= 11 is 0. The van der Waals surface area contributed by atoms with Gasteiger partial charge in [-0.1, -0.05) is 18.2 Å². The first kappa shape index (κ1) is 12.4. The fourth-order valence-corrected chi connectivity index (χ4v) is 2.28. The molecule has 4 heteroatoms. The molecule has 0 radical (unpaired) electrons. The molecule has 0 aliphatic heterocycles. The predicted molar refractivity (Wildman–Crippen MR) is 78.3 cm³/mol. The quantitative estimate of drug-likeness (QED) is 0.791. The number of nitrogens with one attached hydrogen (secondary N) is 1. The fourth-order valence-electron chi connectivity index (χ4n) is 2.28. The van der Waals surface area contributed by atoms with Crippen molar-refractivity contribution >= 4 is 16.8 Å². The molecule has 0 saturated heterocycles. The summed E-state index contributed by atoms with van der Waals surface area (Å²) < 4.78 is 0. The van der Waals surface area contributed by atoms with E-state index in [4.69, 9.17) is 0 Å². The first-order chi connectivity index (χ1) is 9.75. The molecule has 3 rings (SSSR count). The third kappa shape index (κ3) is 2.28. The molecule has 0 unspecified atom stereocenters. The van der Waals surface area contributed by atoms with Crippen molar-refractivity contribution in [3.05, 3.63) is 66.1 Å². The Morgan fingerprint density at radius 3 is 2.90 bits per heavy atom. The number of para-hydroxylation sites is 1. The molecule has 1 N–H and O–H groups in total. The maximum Gasteiger partial charge on any atom is 0.256 e. The molecule has 3 aromatic rings. The molecule has 2 heterocycles. The molecule has 0 fully saturated rings. The number of pyridine rings is 1. The van der Waals surface area contributed by atoms with Crippen molar-refractivity contribution in [2.24, 2.45) is 0 Å². The summed E-state index contributed by atoms with van der Waals surface area (Å²) in [6.07, 6.45) is 3.58. The fraction of sp³-hybridized carbons (Fsp3) is 0.125. The van der Waals surface area contributed by atoms with Crippen molar-refractivity contribution in [3.63, 3.8) is 0 Å². The number of aromatic amines is 1. The van der Waals surface area contributed by atoms with Crippen molar-refractivity contribution < 1.29 is 4.79 Å². The van der Waals surface area contributed by atoms with Crippen LogP contribution in [-0.4, -0.2) is 27.8 Å². The Morgan fingerprint density at radius 2 is 2.10 bits per heavy atom. The largest absolute Gasteiger partial charge is 0.361 e. The van der Waals surface area contributed by atoms with Gasteiger partial charge in [0.25, 0.3) is 5.91 Å². The van der Waals surface area contributed by atoms with E-state index in [0.29, 0.717) is 12.1 Å². The molecule has 2 aromatic heterocycles. The minimum Gasteiger partial charge on any atom is -0.361 e. The van der Waals surface area contributed by atoms with E-state index in [1.807, 2.05) is 48.7 Å². The Bertz CT molecular complexity index is 734. The zero-order chi connectivity index (χ0) is 13.9. The molecule has 0 aliphatic rings. The Morgan fingerprint density at radius 1 is 1.20 bits per heavy atom. The van der Waals surface area contributed by atoms with Crippen LogP contribution in [0, 0.1) is 0 Å². The van der Waals surface area contributed by atoms with Crippen molar-refractivity contribution in [2.45, 2.75) is 6.54 Å². The lowest BCUT2D eigenvalue weighted by Gasteiger charge is -2.17. The van der Waals surface area contributed by atoms with Gasteiger partial charge in [-0.3, -0.25) is 9.78 Å². The van der Waals surface area contributed by atoms with Gasteiger partial charge in [-0.15, -0.1) is 0 Å². The van der Waals surface area contributed by atoms with Gasteiger partial charge in [0.1, 0.15) is 0 Å². The van der Waals surface area contributed by atoms with Gasteiger partial charge in [0.05, 0.1) is 23.3 Å². The summed E-state index contributed by atoms with van der Waals surface area (Å²) in [5.74, 6) is -0.0105. The van der Waals surface area contributed by atoms with Crippen LogP contribution in [0.2, 0.25) is 0 Å². The average Bonchev–Trinajstić information content (AvgIpc) is 2.96. The summed E-state index contributed by atoms with van der Waals surface area (Å²) in [7, 11) is 1.79. The number of carbonyl (C=O) groups excluding carboxylic acids is 1. The first-order valence-corrected chi connectivity index (χ1v) is 6.47. The molecule has 0 aliphatic carbocycles. The zero-order valence-electron chi connectivity index (χ0n) is 11.2. The highest BCUT2D eigenvalue weighted by Gasteiger charge is 2.15. The molecule has 0 spiro atoms. The second-order valence-corrected chi connectivity index (χ2v) is 4.73. The molecule has 4 nitrogen and oxygen atoms in total. The number of amides is 1. The number of aromatic nitrogens is 2. The molecular formula is C16H15N3O. The lowest BCUT2D eigenvalue weighted by atomic mass is 10.1. The third-order valence-corrected chi connectivity index (χ3v) is 3.29. The van der Waals surface area contributed by atoms with Crippen molar-refractivity contribution in [3.8, 4) is 0 Å². The molecule has 1 amide bonds. The Balaban J connectivity index is 1.87. The maximum atomic E-state index is 12.5. The summed E-state index contributed by atoms with van der Waals surface area (Å²) in [6, 6.07) is 13.4. The first-order valence-electron chi connectivity index (χ1n) is 6.47. The van der Waals surface area contributed by atoms with E-state index in [1.54, 1.807) is 18.1 Å².